The third-order valence-electron chi connectivity index (χ3n) is 7.18. The molecule has 0 radical (unpaired) electrons. The van der Waals surface area contributed by atoms with Crippen LogP contribution in [0.5, 0.6) is 0 Å². The van der Waals surface area contributed by atoms with Gasteiger partial charge in [0, 0.05) is 45.0 Å². The van der Waals surface area contributed by atoms with Gasteiger partial charge < -0.3 is 29.4 Å². The average Bonchev–Trinajstić information content (AvgIpc) is 3.18. The summed E-state index contributed by atoms with van der Waals surface area (Å²) in [6, 6.07) is 6.27. The summed E-state index contributed by atoms with van der Waals surface area (Å²) < 4.78 is 7.18. The van der Waals surface area contributed by atoms with Crippen LogP contribution in [-0.4, -0.2) is 90.0 Å². The maximum absolute atomic E-state index is 13.0. The topological polar surface area (TPSA) is 114 Å². The summed E-state index contributed by atoms with van der Waals surface area (Å²) in [5, 5.41) is 8.28. The second-order valence-electron chi connectivity index (χ2n) is 11.5. The fraction of sp³-hybridized carbons (Fsp3) is 0.621. The number of hydrogen-bond acceptors (Lipinski definition) is 7. The molecule has 0 bridgehead atoms. The first kappa shape index (κ1) is 30.3. The smallest absolute Gasteiger partial charge is 0.410 e. The Morgan fingerprint density at radius 3 is 2.33 bits per heavy atom. The number of rotatable bonds is 7. The highest BCUT2D eigenvalue weighted by Crippen LogP contribution is 2.34. The van der Waals surface area contributed by atoms with E-state index in [0.717, 1.165) is 42.0 Å². The Bertz CT molecular complexity index is 1160. The molecule has 2 saturated heterocycles. The Labute approximate surface area is 231 Å². The van der Waals surface area contributed by atoms with Gasteiger partial charge in [-0.1, -0.05) is 12.1 Å². The molecule has 1 atom stereocenters. The number of amides is 2. The second-order valence-corrected chi connectivity index (χ2v) is 11.5. The lowest BCUT2D eigenvalue weighted by molar-refractivity contribution is -0.141. The minimum absolute atomic E-state index is 0.121. The maximum atomic E-state index is 13.0. The lowest BCUT2D eigenvalue weighted by Crippen LogP contribution is -2.58. The van der Waals surface area contributed by atoms with Crippen LogP contribution in [0.1, 0.15) is 69.5 Å². The molecule has 1 unspecified atom stereocenters. The molecule has 4 rings (SSSR count). The van der Waals surface area contributed by atoms with Crippen LogP contribution in [0, 0.1) is 5.92 Å². The summed E-state index contributed by atoms with van der Waals surface area (Å²) in [5.74, 6) is -0.0800. The van der Waals surface area contributed by atoms with E-state index in [-0.39, 0.29) is 17.9 Å². The number of aromatic nitrogens is 2. The summed E-state index contributed by atoms with van der Waals surface area (Å²) >= 11 is 0. The van der Waals surface area contributed by atoms with Crippen molar-refractivity contribution in [2.24, 2.45) is 13.0 Å². The van der Waals surface area contributed by atoms with Gasteiger partial charge in [0.25, 0.3) is 0 Å². The number of likely N-dealkylation sites (tertiary alicyclic amines) is 2. The predicted octanol–water partition coefficient (Wildman–Crippen LogP) is 3.24. The van der Waals surface area contributed by atoms with Crippen molar-refractivity contribution in [2.45, 2.75) is 63.9 Å². The van der Waals surface area contributed by atoms with Crippen molar-refractivity contribution in [3.63, 3.8) is 0 Å². The van der Waals surface area contributed by atoms with Gasteiger partial charge >= 0.3 is 6.09 Å². The van der Waals surface area contributed by atoms with Crippen molar-refractivity contribution in [1.82, 2.24) is 24.9 Å². The van der Waals surface area contributed by atoms with Crippen LogP contribution in [0.2, 0.25) is 0 Å². The Morgan fingerprint density at radius 2 is 1.77 bits per heavy atom. The molecule has 2 aliphatic rings. The number of aldehydes is 2. The van der Waals surface area contributed by atoms with Crippen molar-refractivity contribution >= 4 is 35.5 Å². The molecule has 2 amide bonds. The molecule has 0 aliphatic carbocycles. The molecular formula is C29H43N5O5. The zero-order valence-electron chi connectivity index (χ0n) is 24.1. The first-order valence-electron chi connectivity index (χ1n) is 13.7. The van der Waals surface area contributed by atoms with Crippen LogP contribution in [0.15, 0.2) is 18.2 Å². The number of nitrogens with zero attached hydrogens (tertiary/aromatic N) is 4. The first-order chi connectivity index (χ1) is 18.5. The van der Waals surface area contributed by atoms with E-state index >= 15 is 0 Å². The van der Waals surface area contributed by atoms with Gasteiger partial charge in [-0.3, -0.25) is 9.48 Å². The minimum Gasteiger partial charge on any atom is -0.444 e. The van der Waals surface area contributed by atoms with Gasteiger partial charge in [-0.05, 0) is 71.7 Å². The molecule has 1 aromatic heterocycles. The third kappa shape index (κ3) is 7.44. The second kappa shape index (κ2) is 13.2. The van der Waals surface area contributed by atoms with E-state index in [1.165, 1.54) is 5.56 Å². The molecule has 1 aromatic carbocycles. The number of carbonyl (C=O) groups is 4. The van der Waals surface area contributed by atoms with Crippen LogP contribution < -0.4 is 5.32 Å². The standard InChI is InChI=1S/C27H36N4O5.C2H7N/c1-27(2,3)36-26(35)31-15-21(16-31)25(34)30-11-9-18(10-12-30)19-7-8-22-23(14-19)29(4)28-24(22)20(17-33)6-5-13-32;1-3-2/h7-8,13-14,17-18,20-21H,5-6,9-12,15-16H2,1-4H3;3H,1-2H3. The SMILES string of the molecule is CNC.Cn1nc(C(C=O)CCC=O)c2ccc(C3CCN(C(=O)C4CN(C(=O)OC(C)(C)C)C4)CC3)cc21. The molecule has 1 N–H and O–H groups in total. The minimum atomic E-state index is -0.541. The first-order valence-corrected chi connectivity index (χ1v) is 13.7. The maximum Gasteiger partial charge on any atom is 0.410 e. The largest absolute Gasteiger partial charge is 0.444 e. The van der Waals surface area contributed by atoms with Crippen molar-refractivity contribution in [2.75, 3.05) is 40.3 Å². The van der Waals surface area contributed by atoms with Crippen molar-refractivity contribution < 1.29 is 23.9 Å². The number of aryl methyl sites for hydroxylation is 1. The van der Waals surface area contributed by atoms with Gasteiger partial charge in [-0.25, -0.2) is 4.79 Å². The summed E-state index contributed by atoms with van der Waals surface area (Å²) in [6.45, 7) is 7.73. The lowest BCUT2D eigenvalue weighted by Gasteiger charge is -2.42. The fourth-order valence-electron chi connectivity index (χ4n) is 5.15. The normalized spacial score (nSPS) is 17.2. The lowest BCUT2D eigenvalue weighted by atomic mass is 9.87. The molecule has 39 heavy (non-hydrogen) atoms. The van der Waals surface area contributed by atoms with E-state index in [9.17, 15) is 19.2 Å². The van der Waals surface area contributed by atoms with E-state index < -0.39 is 11.5 Å². The Morgan fingerprint density at radius 1 is 1.13 bits per heavy atom. The summed E-state index contributed by atoms with van der Waals surface area (Å²) in [7, 11) is 5.62. The van der Waals surface area contributed by atoms with E-state index in [2.05, 4.69) is 22.5 Å². The Balaban J connectivity index is 0.00000134. The quantitative estimate of drug-likeness (QED) is 0.535. The number of benzene rings is 1. The highest BCUT2D eigenvalue weighted by atomic mass is 16.6. The van der Waals surface area contributed by atoms with Crippen LogP contribution in [0.3, 0.4) is 0 Å². The molecule has 2 aromatic rings. The van der Waals surface area contributed by atoms with Crippen LogP contribution in [0.25, 0.3) is 10.9 Å². The Kier molecular flexibility index (Phi) is 10.2. The van der Waals surface area contributed by atoms with Crippen molar-refractivity contribution in [1.29, 1.82) is 0 Å². The summed E-state index contributed by atoms with van der Waals surface area (Å²) in [5.41, 5.74) is 2.35. The molecule has 2 fully saturated rings. The summed E-state index contributed by atoms with van der Waals surface area (Å²) in [6.07, 6.45) is 3.89. The number of piperidine rings is 1. The van der Waals surface area contributed by atoms with Gasteiger partial charge in [0.05, 0.1) is 23.0 Å². The average molecular weight is 542 g/mol. The number of hydrogen-bond donors (Lipinski definition) is 1. The Hall–Kier alpha value is -3.27. The number of ether oxygens (including phenoxy) is 1. The van der Waals surface area contributed by atoms with Crippen molar-refractivity contribution in [3.05, 3.63) is 29.5 Å². The predicted molar refractivity (Wildman–Crippen MR) is 150 cm³/mol. The van der Waals surface area contributed by atoms with Crippen LogP contribution in [-0.2, 0) is 26.2 Å². The molecule has 3 heterocycles. The molecule has 10 heteroatoms. The van der Waals surface area contributed by atoms with Crippen LogP contribution >= 0.6 is 0 Å². The highest BCUT2D eigenvalue weighted by molar-refractivity contribution is 5.86. The zero-order chi connectivity index (χ0) is 28.7. The van der Waals surface area contributed by atoms with E-state index in [1.807, 2.05) is 52.9 Å². The van der Waals surface area contributed by atoms with Gasteiger partial charge in [0.15, 0.2) is 0 Å². The van der Waals surface area contributed by atoms with Gasteiger partial charge in [-0.2, -0.15) is 5.10 Å². The summed E-state index contributed by atoms with van der Waals surface area (Å²) in [4.78, 5) is 51.0. The zero-order valence-corrected chi connectivity index (χ0v) is 24.1. The number of nitrogens with one attached hydrogen (secondary N) is 1. The molecule has 10 nitrogen and oxygen atoms in total. The van der Waals surface area contributed by atoms with Crippen molar-refractivity contribution in [3.8, 4) is 0 Å². The number of carbonyl (C=O) groups excluding carboxylic acids is 4. The third-order valence-corrected chi connectivity index (χ3v) is 7.18. The molecule has 214 valence electrons. The van der Waals surface area contributed by atoms with Gasteiger partial charge in [-0.15, -0.1) is 0 Å². The molecule has 2 aliphatic heterocycles. The molecule has 0 spiro atoms. The highest BCUT2D eigenvalue weighted by Gasteiger charge is 2.40. The van der Waals surface area contributed by atoms with E-state index in [1.54, 1.807) is 9.58 Å². The molecular weight excluding hydrogens is 498 g/mol. The fourth-order valence-corrected chi connectivity index (χ4v) is 5.15. The monoisotopic (exact) mass is 541 g/mol. The number of fused-ring (bicyclic) bond motifs is 1. The van der Waals surface area contributed by atoms with E-state index in [0.29, 0.717) is 44.9 Å². The van der Waals surface area contributed by atoms with Gasteiger partial charge in [0.2, 0.25) is 5.91 Å². The van der Waals surface area contributed by atoms with Gasteiger partial charge in [0.1, 0.15) is 18.2 Å². The molecule has 0 saturated carbocycles. The van der Waals surface area contributed by atoms with E-state index in [4.69, 9.17) is 4.74 Å². The van der Waals surface area contributed by atoms with Crippen LogP contribution in [0.4, 0.5) is 4.79 Å².